The summed E-state index contributed by atoms with van der Waals surface area (Å²) in [4.78, 5) is 41.8. The predicted molar refractivity (Wildman–Crippen MR) is 146 cm³/mol. The van der Waals surface area contributed by atoms with Gasteiger partial charge in [0.2, 0.25) is 21.8 Å². The van der Waals surface area contributed by atoms with E-state index in [1.165, 1.54) is 23.4 Å². The minimum atomic E-state index is -3.91. The van der Waals surface area contributed by atoms with Gasteiger partial charge in [-0.25, -0.2) is 8.42 Å². The molecule has 9 nitrogen and oxygen atoms in total. The summed E-state index contributed by atoms with van der Waals surface area (Å²) < 4.78 is 33.2. The first kappa shape index (κ1) is 28.9. The van der Waals surface area contributed by atoms with Gasteiger partial charge in [0, 0.05) is 19.6 Å². The number of sulfonamides is 1. The van der Waals surface area contributed by atoms with Gasteiger partial charge in [-0.2, -0.15) is 4.31 Å². The van der Waals surface area contributed by atoms with Crippen LogP contribution >= 0.6 is 0 Å². The largest absolute Gasteiger partial charge is 0.468 e. The fraction of sp³-hybridized carbons (Fsp3) is 0.483. The second-order valence-electron chi connectivity index (χ2n) is 11.4. The van der Waals surface area contributed by atoms with Crippen molar-refractivity contribution in [3.05, 3.63) is 65.7 Å². The van der Waals surface area contributed by atoms with Crippen LogP contribution in [0.4, 0.5) is 0 Å². The SMILES string of the molecule is CC[C@@]1(C(=O)OC)N[C@H](CN(C)S(=O)(=O)c2ccc(C(C)(C)C)cc2)[C@@H]2C(=O)N(Cc3ccccc3)C(=O)[C@@H]21. The number of carbonyl (C=O) groups is 3. The highest BCUT2D eigenvalue weighted by atomic mass is 32.2. The second kappa shape index (κ2) is 10.5. The summed E-state index contributed by atoms with van der Waals surface area (Å²) in [5.41, 5.74) is 0.211. The number of benzene rings is 2. The molecule has 210 valence electrons. The molecule has 0 bridgehead atoms. The third kappa shape index (κ3) is 5.01. The van der Waals surface area contributed by atoms with E-state index >= 15 is 0 Å². The number of hydrogen-bond donors (Lipinski definition) is 1. The topological polar surface area (TPSA) is 113 Å². The Morgan fingerprint density at radius 2 is 1.67 bits per heavy atom. The zero-order valence-electron chi connectivity index (χ0n) is 23.3. The first-order chi connectivity index (χ1) is 18.3. The molecule has 39 heavy (non-hydrogen) atoms. The van der Waals surface area contributed by atoms with Crippen molar-refractivity contribution in [2.45, 2.75) is 62.6 Å². The van der Waals surface area contributed by atoms with Crippen molar-refractivity contribution < 1.29 is 27.5 Å². The summed E-state index contributed by atoms with van der Waals surface area (Å²) in [6.07, 6.45) is 0.195. The summed E-state index contributed by atoms with van der Waals surface area (Å²) >= 11 is 0. The highest BCUT2D eigenvalue weighted by Gasteiger charge is 2.68. The number of nitrogens with one attached hydrogen (secondary N) is 1. The second-order valence-corrected chi connectivity index (χ2v) is 13.4. The van der Waals surface area contributed by atoms with E-state index in [9.17, 15) is 22.8 Å². The van der Waals surface area contributed by atoms with Crippen molar-refractivity contribution in [2.24, 2.45) is 11.8 Å². The van der Waals surface area contributed by atoms with Crippen molar-refractivity contribution in [1.82, 2.24) is 14.5 Å². The van der Waals surface area contributed by atoms with Crippen molar-refractivity contribution in [1.29, 1.82) is 0 Å². The molecule has 2 heterocycles. The van der Waals surface area contributed by atoms with Gasteiger partial charge in [0.1, 0.15) is 5.54 Å². The third-order valence-electron chi connectivity index (χ3n) is 8.02. The molecule has 0 saturated carbocycles. The number of methoxy groups -OCH3 is 1. The Balaban J connectivity index is 1.66. The molecule has 2 aromatic rings. The van der Waals surface area contributed by atoms with Crippen LogP contribution in [0.5, 0.6) is 0 Å². The maximum absolute atomic E-state index is 13.7. The van der Waals surface area contributed by atoms with Gasteiger partial charge in [-0.1, -0.05) is 70.2 Å². The van der Waals surface area contributed by atoms with Crippen LogP contribution in [-0.4, -0.2) is 67.7 Å². The molecular weight excluding hydrogens is 518 g/mol. The van der Waals surface area contributed by atoms with Gasteiger partial charge in [-0.3, -0.25) is 24.6 Å². The average molecular weight is 556 g/mol. The standard InChI is InChI=1S/C29H37N3O6S/c1-7-29(27(35)38-6)24-23(25(33)32(26(24)34)17-19-11-9-8-10-12-19)22(30-29)18-31(5)39(36,37)21-15-13-20(14-16-21)28(2,3)4/h8-16,22-24,30H,7,17-18H2,1-6H3/t22-,23+,24-,29-/m1/s1. The Labute approximate surface area is 230 Å². The minimum Gasteiger partial charge on any atom is -0.468 e. The Bertz CT molecular complexity index is 1350. The van der Waals surface area contributed by atoms with Crippen LogP contribution in [0.2, 0.25) is 0 Å². The lowest BCUT2D eigenvalue weighted by Crippen LogP contribution is -2.58. The molecule has 1 N–H and O–H groups in total. The maximum atomic E-state index is 13.7. The molecule has 0 aliphatic carbocycles. The molecule has 2 aliphatic rings. The summed E-state index contributed by atoms with van der Waals surface area (Å²) in [7, 11) is -1.23. The molecule has 0 spiro atoms. The lowest BCUT2D eigenvalue weighted by molar-refractivity contribution is -0.154. The van der Waals surface area contributed by atoms with Gasteiger partial charge in [0.05, 0.1) is 30.4 Å². The average Bonchev–Trinajstić information content (AvgIpc) is 3.37. The lowest BCUT2D eigenvalue weighted by Gasteiger charge is -2.32. The Morgan fingerprint density at radius 1 is 1.05 bits per heavy atom. The zero-order valence-corrected chi connectivity index (χ0v) is 24.1. The molecule has 0 radical (unpaired) electrons. The molecule has 2 aliphatic heterocycles. The van der Waals surface area contributed by atoms with Crippen LogP contribution < -0.4 is 5.32 Å². The zero-order chi connectivity index (χ0) is 28.8. The Kier molecular flexibility index (Phi) is 7.77. The number of imide groups is 1. The van der Waals surface area contributed by atoms with Crippen LogP contribution in [0.15, 0.2) is 59.5 Å². The maximum Gasteiger partial charge on any atom is 0.326 e. The minimum absolute atomic E-state index is 0.0768. The number of likely N-dealkylation sites (tertiary alicyclic amines) is 1. The number of esters is 1. The van der Waals surface area contributed by atoms with E-state index in [0.717, 1.165) is 11.1 Å². The normalized spacial score (nSPS) is 25.3. The van der Waals surface area contributed by atoms with Crippen molar-refractivity contribution >= 4 is 27.8 Å². The van der Waals surface area contributed by atoms with Gasteiger partial charge < -0.3 is 4.74 Å². The fourth-order valence-corrected chi connectivity index (χ4v) is 6.98. The van der Waals surface area contributed by atoms with E-state index in [-0.39, 0.29) is 29.8 Å². The van der Waals surface area contributed by atoms with E-state index in [1.54, 1.807) is 31.2 Å². The van der Waals surface area contributed by atoms with Crippen molar-refractivity contribution in [3.63, 3.8) is 0 Å². The Morgan fingerprint density at radius 3 is 2.21 bits per heavy atom. The van der Waals surface area contributed by atoms with Gasteiger partial charge in [-0.05, 0) is 35.1 Å². The van der Waals surface area contributed by atoms with Gasteiger partial charge >= 0.3 is 5.97 Å². The molecule has 2 aromatic carbocycles. The van der Waals surface area contributed by atoms with E-state index in [2.05, 4.69) is 5.32 Å². The number of carbonyl (C=O) groups excluding carboxylic acids is 3. The van der Waals surface area contributed by atoms with E-state index < -0.39 is 51.2 Å². The van der Waals surface area contributed by atoms with Crippen LogP contribution in [-0.2, 0) is 41.1 Å². The molecule has 2 fully saturated rings. The van der Waals surface area contributed by atoms with Gasteiger partial charge in [-0.15, -0.1) is 0 Å². The third-order valence-corrected chi connectivity index (χ3v) is 9.86. The molecule has 2 saturated heterocycles. The van der Waals surface area contributed by atoms with E-state index in [1.807, 2.05) is 51.1 Å². The fourth-order valence-electron chi connectivity index (χ4n) is 5.78. The smallest absolute Gasteiger partial charge is 0.326 e. The molecule has 10 heteroatoms. The number of amides is 2. The van der Waals surface area contributed by atoms with Crippen molar-refractivity contribution in [3.8, 4) is 0 Å². The highest BCUT2D eigenvalue weighted by Crippen LogP contribution is 2.46. The number of ether oxygens (including phenoxy) is 1. The van der Waals surface area contributed by atoms with Crippen LogP contribution in [0, 0.1) is 11.8 Å². The van der Waals surface area contributed by atoms with Gasteiger partial charge in [0.15, 0.2) is 0 Å². The molecule has 2 amide bonds. The quantitative estimate of drug-likeness (QED) is 0.394. The lowest BCUT2D eigenvalue weighted by atomic mass is 9.78. The number of hydrogen-bond acceptors (Lipinski definition) is 7. The first-order valence-electron chi connectivity index (χ1n) is 13.1. The molecular formula is C29H37N3O6S. The van der Waals surface area contributed by atoms with E-state index in [4.69, 9.17) is 4.74 Å². The van der Waals surface area contributed by atoms with Crippen molar-refractivity contribution in [2.75, 3.05) is 20.7 Å². The number of fused-ring (bicyclic) bond motifs is 1. The molecule has 4 atom stereocenters. The Hall–Kier alpha value is -3.08. The van der Waals surface area contributed by atoms with Crippen LogP contribution in [0.25, 0.3) is 0 Å². The molecule has 4 rings (SSSR count). The van der Waals surface area contributed by atoms with E-state index in [0.29, 0.717) is 0 Å². The first-order valence-corrected chi connectivity index (χ1v) is 14.5. The summed E-state index contributed by atoms with van der Waals surface area (Å²) in [6, 6.07) is 15.1. The molecule has 0 aromatic heterocycles. The number of rotatable bonds is 8. The van der Waals surface area contributed by atoms with Crippen LogP contribution in [0.3, 0.4) is 0 Å². The number of likely N-dealkylation sites (N-methyl/N-ethyl adjacent to an activating group) is 1. The highest BCUT2D eigenvalue weighted by molar-refractivity contribution is 7.89. The molecule has 0 unspecified atom stereocenters. The number of nitrogens with zero attached hydrogens (tertiary/aromatic N) is 2. The van der Waals surface area contributed by atoms with Crippen LogP contribution in [0.1, 0.15) is 45.2 Å². The summed E-state index contributed by atoms with van der Waals surface area (Å²) in [6.45, 7) is 7.86. The summed E-state index contributed by atoms with van der Waals surface area (Å²) in [5.74, 6) is -3.45. The summed E-state index contributed by atoms with van der Waals surface area (Å²) in [5, 5.41) is 3.19. The predicted octanol–water partition coefficient (Wildman–Crippen LogP) is 2.70. The monoisotopic (exact) mass is 555 g/mol. The van der Waals surface area contributed by atoms with Gasteiger partial charge in [0.25, 0.3) is 0 Å².